The number of carbonyl (C=O) groups is 1. The Bertz CT molecular complexity index is 478. The molecular formula is C14H19N3O2. The molecule has 19 heavy (non-hydrogen) atoms. The van der Waals surface area contributed by atoms with Gasteiger partial charge in [-0.2, -0.15) is 0 Å². The minimum absolute atomic E-state index is 0.252. The number of nitrogens with one attached hydrogen (secondary N) is 1. The van der Waals surface area contributed by atoms with Crippen LogP contribution in [-0.4, -0.2) is 50.3 Å². The van der Waals surface area contributed by atoms with Crippen molar-refractivity contribution in [3.05, 3.63) is 24.3 Å². The van der Waals surface area contributed by atoms with Crippen molar-refractivity contribution in [3.63, 3.8) is 0 Å². The summed E-state index contributed by atoms with van der Waals surface area (Å²) in [7, 11) is 2.14. The van der Waals surface area contributed by atoms with Gasteiger partial charge in [0.1, 0.15) is 6.61 Å². The van der Waals surface area contributed by atoms with Crippen molar-refractivity contribution >= 4 is 17.5 Å². The van der Waals surface area contributed by atoms with Crippen LogP contribution in [0.4, 0.5) is 16.2 Å². The summed E-state index contributed by atoms with van der Waals surface area (Å²) in [4.78, 5) is 15.5. The minimum atomic E-state index is -0.252. The third-order valence-corrected chi connectivity index (χ3v) is 3.68. The lowest BCUT2D eigenvalue weighted by Crippen LogP contribution is -2.25. The van der Waals surface area contributed by atoms with Crippen LogP contribution in [0, 0.1) is 0 Å². The molecule has 1 atom stereocenters. The van der Waals surface area contributed by atoms with E-state index in [9.17, 15) is 4.79 Å². The van der Waals surface area contributed by atoms with E-state index < -0.39 is 0 Å². The van der Waals surface area contributed by atoms with Crippen molar-refractivity contribution in [2.75, 3.05) is 43.5 Å². The van der Waals surface area contributed by atoms with Crippen molar-refractivity contribution < 1.29 is 9.53 Å². The Morgan fingerprint density at radius 3 is 2.95 bits per heavy atom. The molecule has 0 aliphatic carbocycles. The maximum absolute atomic E-state index is 11.6. The first kappa shape index (κ1) is 12.3. The van der Waals surface area contributed by atoms with Crippen LogP contribution < -0.4 is 10.2 Å². The number of rotatable bonds is 3. The number of benzene rings is 1. The summed E-state index contributed by atoms with van der Waals surface area (Å²) >= 11 is 0. The Hall–Kier alpha value is -1.75. The molecule has 2 saturated heterocycles. The first-order valence-electron chi connectivity index (χ1n) is 6.72. The van der Waals surface area contributed by atoms with E-state index in [-0.39, 0.29) is 6.09 Å². The van der Waals surface area contributed by atoms with Crippen LogP contribution in [0.5, 0.6) is 0 Å². The van der Waals surface area contributed by atoms with Gasteiger partial charge in [0.05, 0.1) is 6.54 Å². The molecule has 1 N–H and O–H groups in total. The fourth-order valence-electron chi connectivity index (χ4n) is 2.68. The van der Waals surface area contributed by atoms with Crippen LogP contribution in [0.1, 0.15) is 6.42 Å². The zero-order valence-corrected chi connectivity index (χ0v) is 11.1. The van der Waals surface area contributed by atoms with E-state index in [1.165, 1.54) is 0 Å². The zero-order valence-electron chi connectivity index (χ0n) is 11.1. The van der Waals surface area contributed by atoms with Crippen LogP contribution in [0.15, 0.2) is 24.3 Å². The molecule has 5 heteroatoms. The summed E-state index contributed by atoms with van der Waals surface area (Å²) in [5, 5.41) is 3.53. The lowest BCUT2D eigenvalue weighted by Gasteiger charge is -2.17. The van der Waals surface area contributed by atoms with E-state index in [1.807, 2.05) is 24.3 Å². The number of likely N-dealkylation sites (N-methyl/N-ethyl adjacent to an activating group) is 1. The van der Waals surface area contributed by atoms with Gasteiger partial charge < -0.3 is 15.0 Å². The van der Waals surface area contributed by atoms with Crippen LogP contribution in [0.2, 0.25) is 0 Å². The number of anilines is 2. The lowest BCUT2D eigenvalue weighted by atomic mass is 10.2. The second kappa shape index (κ2) is 5.09. The summed E-state index contributed by atoms with van der Waals surface area (Å²) in [5.41, 5.74) is 1.97. The van der Waals surface area contributed by atoms with Gasteiger partial charge in [0, 0.05) is 24.0 Å². The number of carbonyl (C=O) groups excluding carboxylic acids is 1. The van der Waals surface area contributed by atoms with Crippen molar-refractivity contribution in [2.45, 2.75) is 12.5 Å². The molecular weight excluding hydrogens is 242 g/mol. The predicted octanol–water partition coefficient (Wildman–Crippen LogP) is 1.76. The second-order valence-corrected chi connectivity index (χ2v) is 5.21. The standard InChI is InChI=1S/C14H19N3O2/c1-16-6-5-12(10-16)15-11-3-2-4-13(9-11)17-7-8-19-14(17)18/h2-4,9,12,15H,5-8,10H2,1H3. The number of cyclic esters (lactones) is 1. The van der Waals surface area contributed by atoms with Crippen molar-refractivity contribution in [2.24, 2.45) is 0 Å². The Labute approximate surface area is 113 Å². The van der Waals surface area contributed by atoms with E-state index in [1.54, 1.807) is 4.90 Å². The molecule has 0 spiro atoms. The molecule has 1 aromatic carbocycles. The Balaban J connectivity index is 1.71. The van der Waals surface area contributed by atoms with Crippen LogP contribution in [0.25, 0.3) is 0 Å². The molecule has 2 aliphatic rings. The first-order chi connectivity index (χ1) is 9.22. The van der Waals surface area contributed by atoms with Crippen molar-refractivity contribution in [1.29, 1.82) is 0 Å². The molecule has 2 fully saturated rings. The van der Waals surface area contributed by atoms with Gasteiger partial charge in [-0.3, -0.25) is 4.90 Å². The summed E-state index contributed by atoms with van der Waals surface area (Å²) in [6, 6.07) is 8.47. The van der Waals surface area contributed by atoms with Crippen LogP contribution in [-0.2, 0) is 4.74 Å². The summed E-state index contributed by atoms with van der Waals surface area (Å²) in [5.74, 6) is 0. The van der Waals surface area contributed by atoms with E-state index in [4.69, 9.17) is 4.74 Å². The predicted molar refractivity (Wildman–Crippen MR) is 74.7 cm³/mol. The molecule has 1 amide bonds. The number of nitrogens with zero attached hydrogens (tertiary/aromatic N) is 2. The summed E-state index contributed by atoms with van der Waals surface area (Å²) in [6.45, 7) is 3.31. The lowest BCUT2D eigenvalue weighted by molar-refractivity contribution is 0.181. The number of likely N-dealkylation sites (tertiary alicyclic amines) is 1. The zero-order chi connectivity index (χ0) is 13.2. The van der Waals surface area contributed by atoms with E-state index >= 15 is 0 Å². The molecule has 0 radical (unpaired) electrons. The molecule has 3 rings (SSSR count). The monoisotopic (exact) mass is 261 g/mol. The highest BCUT2D eigenvalue weighted by atomic mass is 16.6. The van der Waals surface area contributed by atoms with Gasteiger partial charge in [0.25, 0.3) is 0 Å². The number of hydrogen-bond acceptors (Lipinski definition) is 4. The normalized spacial score (nSPS) is 23.7. The quantitative estimate of drug-likeness (QED) is 0.900. The minimum Gasteiger partial charge on any atom is -0.447 e. The molecule has 0 aromatic heterocycles. The van der Waals surface area contributed by atoms with Gasteiger partial charge in [0.2, 0.25) is 0 Å². The number of amides is 1. The average Bonchev–Trinajstić information content (AvgIpc) is 2.99. The fourth-order valence-corrected chi connectivity index (χ4v) is 2.68. The smallest absolute Gasteiger partial charge is 0.414 e. The molecule has 2 heterocycles. The SMILES string of the molecule is CN1CCC(Nc2cccc(N3CCOC3=O)c2)C1. The topological polar surface area (TPSA) is 44.8 Å². The van der Waals surface area contributed by atoms with Gasteiger partial charge in [-0.05, 0) is 38.2 Å². The van der Waals surface area contributed by atoms with E-state index in [2.05, 4.69) is 17.3 Å². The van der Waals surface area contributed by atoms with Crippen LogP contribution >= 0.6 is 0 Å². The number of hydrogen-bond donors (Lipinski definition) is 1. The van der Waals surface area contributed by atoms with Gasteiger partial charge in [0.15, 0.2) is 0 Å². The highest BCUT2D eigenvalue weighted by Crippen LogP contribution is 2.23. The fraction of sp³-hybridized carbons (Fsp3) is 0.500. The highest BCUT2D eigenvalue weighted by Gasteiger charge is 2.24. The Morgan fingerprint density at radius 2 is 2.26 bits per heavy atom. The first-order valence-corrected chi connectivity index (χ1v) is 6.72. The largest absolute Gasteiger partial charge is 0.447 e. The maximum atomic E-state index is 11.6. The highest BCUT2D eigenvalue weighted by molar-refractivity contribution is 5.89. The Kier molecular flexibility index (Phi) is 3.29. The maximum Gasteiger partial charge on any atom is 0.414 e. The average molecular weight is 261 g/mol. The second-order valence-electron chi connectivity index (χ2n) is 5.21. The van der Waals surface area contributed by atoms with Crippen LogP contribution in [0.3, 0.4) is 0 Å². The molecule has 1 aromatic rings. The summed E-state index contributed by atoms with van der Waals surface area (Å²) < 4.78 is 4.97. The summed E-state index contributed by atoms with van der Waals surface area (Å²) in [6.07, 6.45) is 0.907. The van der Waals surface area contributed by atoms with Gasteiger partial charge in [-0.25, -0.2) is 4.79 Å². The van der Waals surface area contributed by atoms with E-state index in [0.717, 1.165) is 30.9 Å². The molecule has 1 unspecified atom stereocenters. The van der Waals surface area contributed by atoms with Crippen molar-refractivity contribution in [1.82, 2.24) is 4.90 Å². The molecule has 5 nitrogen and oxygen atoms in total. The third-order valence-electron chi connectivity index (χ3n) is 3.68. The Morgan fingerprint density at radius 1 is 1.37 bits per heavy atom. The van der Waals surface area contributed by atoms with Gasteiger partial charge in [-0.15, -0.1) is 0 Å². The molecule has 2 aliphatic heterocycles. The molecule has 102 valence electrons. The number of ether oxygens (including phenoxy) is 1. The van der Waals surface area contributed by atoms with Gasteiger partial charge in [-0.1, -0.05) is 6.07 Å². The van der Waals surface area contributed by atoms with Gasteiger partial charge >= 0.3 is 6.09 Å². The molecule has 0 saturated carbocycles. The van der Waals surface area contributed by atoms with Crippen molar-refractivity contribution in [3.8, 4) is 0 Å². The third kappa shape index (κ3) is 2.66. The van der Waals surface area contributed by atoms with E-state index in [0.29, 0.717) is 19.2 Å². The molecule has 0 bridgehead atoms.